The van der Waals surface area contributed by atoms with Crippen molar-refractivity contribution in [3.8, 4) is 0 Å². The quantitative estimate of drug-likeness (QED) is 0.810. The van der Waals surface area contributed by atoms with Crippen molar-refractivity contribution < 1.29 is 0 Å². The second-order valence-electron chi connectivity index (χ2n) is 4.92. The average Bonchev–Trinajstić information content (AvgIpc) is 3.00. The monoisotopic (exact) mass is 236 g/mol. The van der Waals surface area contributed by atoms with Crippen LogP contribution in [0.25, 0.3) is 0 Å². The lowest BCUT2D eigenvalue weighted by Crippen LogP contribution is -2.41. The Kier molecular flexibility index (Phi) is 4.57. The van der Waals surface area contributed by atoms with Gasteiger partial charge in [0.05, 0.1) is 6.33 Å². The summed E-state index contributed by atoms with van der Waals surface area (Å²) in [6, 6.07) is 0.702. The molecule has 2 N–H and O–H groups in total. The fourth-order valence-electron chi connectivity index (χ4n) is 2.99. The molecule has 0 bridgehead atoms. The Morgan fingerprint density at radius 1 is 1.47 bits per heavy atom. The average molecular weight is 236 g/mol. The van der Waals surface area contributed by atoms with E-state index in [9.17, 15) is 0 Å². The van der Waals surface area contributed by atoms with Crippen molar-refractivity contribution in [3.05, 3.63) is 18.7 Å². The second kappa shape index (κ2) is 6.17. The number of imidazole rings is 1. The van der Waals surface area contributed by atoms with Gasteiger partial charge in [0, 0.05) is 31.5 Å². The molecule has 1 aliphatic carbocycles. The number of aromatic nitrogens is 2. The molecule has 17 heavy (non-hydrogen) atoms. The molecule has 2 unspecified atom stereocenters. The van der Waals surface area contributed by atoms with Crippen LogP contribution in [0.3, 0.4) is 0 Å². The molecule has 1 heterocycles. The molecule has 0 aromatic carbocycles. The molecule has 4 nitrogen and oxygen atoms in total. The molecule has 0 spiro atoms. The van der Waals surface area contributed by atoms with Crippen LogP contribution >= 0.6 is 0 Å². The first kappa shape index (κ1) is 12.6. The maximum Gasteiger partial charge on any atom is 0.0946 e. The van der Waals surface area contributed by atoms with E-state index in [2.05, 4.69) is 21.4 Å². The van der Waals surface area contributed by atoms with Crippen molar-refractivity contribution in [1.29, 1.82) is 0 Å². The molecular formula is C13H24N4. The highest BCUT2D eigenvalue weighted by molar-refractivity contribution is 4.86. The van der Waals surface area contributed by atoms with Crippen molar-refractivity contribution in [3.63, 3.8) is 0 Å². The zero-order valence-corrected chi connectivity index (χ0v) is 10.8. The Morgan fingerprint density at radius 2 is 2.35 bits per heavy atom. The van der Waals surface area contributed by atoms with Gasteiger partial charge in [0.15, 0.2) is 0 Å². The molecule has 0 aliphatic heterocycles. The van der Waals surface area contributed by atoms with Gasteiger partial charge in [-0.1, -0.05) is 13.3 Å². The molecule has 1 saturated carbocycles. The molecule has 1 aromatic rings. The maximum absolute atomic E-state index is 5.87. The van der Waals surface area contributed by atoms with Crippen LogP contribution in [0.4, 0.5) is 0 Å². The first-order valence-corrected chi connectivity index (χ1v) is 6.75. The van der Waals surface area contributed by atoms with Crippen LogP contribution in [-0.2, 0) is 6.54 Å². The van der Waals surface area contributed by atoms with Crippen LogP contribution in [0, 0.1) is 5.92 Å². The summed E-state index contributed by atoms with van der Waals surface area (Å²) < 4.78 is 2.15. The molecule has 4 heteroatoms. The van der Waals surface area contributed by atoms with Crippen molar-refractivity contribution in [2.75, 3.05) is 19.6 Å². The van der Waals surface area contributed by atoms with Gasteiger partial charge in [-0.15, -0.1) is 0 Å². The maximum atomic E-state index is 5.87. The Labute approximate surface area is 104 Å². The second-order valence-corrected chi connectivity index (χ2v) is 4.92. The number of rotatable bonds is 6. The molecular weight excluding hydrogens is 212 g/mol. The molecule has 1 aromatic heterocycles. The SMILES string of the molecule is CCN(CCn1ccnc1)C1CCCC1CN. The minimum atomic E-state index is 0.702. The van der Waals surface area contributed by atoms with E-state index in [-0.39, 0.29) is 0 Å². The topological polar surface area (TPSA) is 47.1 Å². The number of nitrogens with zero attached hydrogens (tertiary/aromatic N) is 3. The third kappa shape index (κ3) is 3.07. The van der Waals surface area contributed by atoms with Gasteiger partial charge in [-0.05, 0) is 31.8 Å². The first-order valence-electron chi connectivity index (χ1n) is 6.75. The molecule has 0 radical (unpaired) electrons. The van der Waals surface area contributed by atoms with Gasteiger partial charge in [-0.3, -0.25) is 4.90 Å². The van der Waals surface area contributed by atoms with Crippen molar-refractivity contribution in [2.24, 2.45) is 11.7 Å². The Hall–Kier alpha value is -0.870. The highest BCUT2D eigenvalue weighted by Gasteiger charge is 2.29. The van der Waals surface area contributed by atoms with Crippen molar-refractivity contribution >= 4 is 0 Å². The predicted octanol–water partition coefficient (Wildman–Crippen LogP) is 1.33. The summed E-state index contributed by atoms with van der Waals surface area (Å²) in [5, 5.41) is 0. The summed E-state index contributed by atoms with van der Waals surface area (Å²) in [5.41, 5.74) is 5.87. The molecule has 0 amide bonds. The number of hydrogen-bond acceptors (Lipinski definition) is 3. The lowest BCUT2D eigenvalue weighted by molar-refractivity contribution is 0.164. The van der Waals surface area contributed by atoms with Gasteiger partial charge in [-0.2, -0.15) is 0 Å². The standard InChI is InChI=1S/C13H24N4/c1-2-17(9-8-16-7-6-15-11-16)13-5-3-4-12(13)10-14/h6-7,11-13H,2-5,8-10,14H2,1H3. The van der Waals surface area contributed by atoms with E-state index in [1.807, 2.05) is 18.7 Å². The molecule has 1 aliphatic rings. The fourth-order valence-corrected chi connectivity index (χ4v) is 2.99. The summed E-state index contributed by atoms with van der Waals surface area (Å²) in [7, 11) is 0. The van der Waals surface area contributed by atoms with E-state index in [1.165, 1.54) is 19.3 Å². The summed E-state index contributed by atoms with van der Waals surface area (Å²) in [4.78, 5) is 6.67. The van der Waals surface area contributed by atoms with Gasteiger partial charge in [0.2, 0.25) is 0 Å². The van der Waals surface area contributed by atoms with Crippen molar-refractivity contribution in [1.82, 2.24) is 14.5 Å². The lowest BCUT2D eigenvalue weighted by Gasteiger charge is -2.31. The van der Waals surface area contributed by atoms with Gasteiger partial charge in [0.25, 0.3) is 0 Å². The predicted molar refractivity (Wildman–Crippen MR) is 69.7 cm³/mol. The molecule has 1 fully saturated rings. The molecule has 2 rings (SSSR count). The van der Waals surface area contributed by atoms with Gasteiger partial charge >= 0.3 is 0 Å². The highest BCUT2D eigenvalue weighted by Crippen LogP contribution is 2.29. The highest BCUT2D eigenvalue weighted by atomic mass is 15.2. The first-order chi connectivity index (χ1) is 8.35. The fraction of sp³-hybridized carbons (Fsp3) is 0.769. The van der Waals surface area contributed by atoms with E-state index < -0.39 is 0 Å². The van der Waals surface area contributed by atoms with Crippen LogP contribution in [0.1, 0.15) is 26.2 Å². The van der Waals surface area contributed by atoms with Crippen LogP contribution in [-0.4, -0.2) is 40.1 Å². The van der Waals surface area contributed by atoms with Gasteiger partial charge in [0.1, 0.15) is 0 Å². The molecule has 0 saturated heterocycles. The number of likely N-dealkylation sites (N-methyl/N-ethyl adjacent to an activating group) is 1. The van der Waals surface area contributed by atoms with Crippen LogP contribution in [0.15, 0.2) is 18.7 Å². The van der Waals surface area contributed by atoms with Crippen molar-refractivity contribution in [2.45, 2.75) is 38.8 Å². The Morgan fingerprint density at radius 3 is 3.00 bits per heavy atom. The minimum Gasteiger partial charge on any atom is -0.336 e. The van der Waals surface area contributed by atoms with Gasteiger partial charge < -0.3 is 10.3 Å². The van der Waals surface area contributed by atoms with E-state index in [0.717, 1.165) is 26.2 Å². The number of nitrogens with two attached hydrogens (primary N) is 1. The summed E-state index contributed by atoms with van der Waals surface area (Å²) in [6.07, 6.45) is 9.73. The smallest absolute Gasteiger partial charge is 0.0946 e. The molecule has 2 atom stereocenters. The van der Waals surface area contributed by atoms with Crippen LogP contribution in [0.5, 0.6) is 0 Å². The van der Waals surface area contributed by atoms with Crippen LogP contribution in [0.2, 0.25) is 0 Å². The summed E-state index contributed by atoms with van der Waals surface area (Å²) >= 11 is 0. The largest absolute Gasteiger partial charge is 0.336 e. The Balaban J connectivity index is 1.87. The number of hydrogen-bond donors (Lipinski definition) is 1. The lowest BCUT2D eigenvalue weighted by atomic mass is 10.0. The third-order valence-electron chi connectivity index (χ3n) is 4.00. The third-order valence-corrected chi connectivity index (χ3v) is 4.00. The van der Waals surface area contributed by atoms with Gasteiger partial charge in [-0.25, -0.2) is 4.98 Å². The van der Waals surface area contributed by atoms with E-state index in [0.29, 0.717) is 12.0 Å². The zero-order chi connectivity index (χ0) is 12.1. The normalized spacial score (nSPS) is 24.6. The zero-order valence-electron chi connectivity index (χ0n) is 10.8. The Bertz CT molecular complexity index is 309. The summed E-state index contributed by atoms with van der Waals surface area (Å²) in [6.45, 7) is 6.34. The molecule has 96 valence electrons. The van der Waals surface area contributed by atoms with E-state index in [1.54, 1.807) is 0 Å². The van der Waals surface area contributed by atoms with Crippen LogP contribution < -0.4 is 5.73 Å². The van der Waals surface area contributed by atoms with E-state index >= 15 is 0 Å². The summed E-state index contributed by atoms with van der Waals surface area (Å²) in [5.74, 6) is 0.706. The van der Waals surface area contributed by atoms with E-state index in [4.69, 9.17) is 5.73 Å². The minimum absolute atomic E-state index is 0.702.